The fourth-order valence-corrected chi connectivity index (χ4v) is 6.22. The van der Waals surface area contributed by atoms with E-state index in [0.29, 0.717) is 5.92 Å². The Morgan fingerprint density at radius 3 is 2.26 bits per heavy atom. The van der Waals surface area contributed by atoms with Gasteiger partial charge < -0.3 is 0 Å². The maximum Gasteiger partial charge on any atom is 0.145 e. The molecule has 1 heterocycles. The van der Waals surface area contributed by atoms with Gasteiger partial charge in [0.1, 0.15) is 5.82 Å². The lowest BCUT2D eigenvalue weighted by molar-refractivity contribution is 0.810. The summed E-state index contributed by atoms with van der Waals surface area (Å²) in [6.45, 7) is 0. The maximum absolute atomic E-state index is 5.06. The van der Waals surface area contributed by atoms with Crippen molar-refractivity contribution in [1.29, 1.82) is 0 Å². The van der Waals surface area contributed by atoms with Crippen molar-refractivity contribution in [3.8, 4) is 17.1 Å². The van der Waals surface area contributed by atoms with E-state index in [-0.39, 0.29) is 0 Å². The molecule has 1 atom stereocenters. The second-order valence-electron chi connectivity index (χ2n) is 10.4. The first-order chi connectivity index (χ1) is 19.3. The fraction of sp³-hybridized carbons (Fsp3) is 0.0541. The molecule has 0 bridgehead atoms. The number of aromatic nitrogens is 2. The van der Waals surface area contributed by atoms with Gasteiger partial charge in [0.25, 0.3) is 0 Å². The standard InChI is InChI=1S/C37H26N2/c1-2-13-30(14-3-1)39-36-17-9-8-16-35(36)38-37(39)26-20-18-25(19-21-26)32-24-29-12-6-7-15-31(29)33-22-27-10-4-5-11-28(27)23-34(32)33/h1-14,16-24,31H,15H2. The first kappa shape index (κ1) is 22.1. The topological polar surface area (TPSA) is 17.8 Å². The number of nitrogens with zero attached hydrogens (tertiary/aromatic N) is 2. The molecule has 0 amide bonds. The first-order valence-corrected chi connectivity index (χ1v) is 13.6. The predicted molar refractivity (Wildman–Crippen MR) is 162 cm³/mol. The molecule has 2 aliphatic carbocycles. The molecule has 0 fully saturated rings. The Hall–Kier alpha value is -4.95. The zero-order chi connectivity index (χ0) is 25.8. The zero-order valence-corrected chi connectivity index (χ0v) is 21.5. The Morgan fingerprint density at radius 2 is 1.41 bits per heavy atom. The second-order valence-corrected chi connectivity index (χ2v) is 10.4. The van der Waals surface area contributed by atoms with Gasteiger partial charge in [-0.15, -0.1) is 0 Å². The summed E-state index contributed by atoms with van der Waals surface area (Å²) in [7, 11) is 0. The maximum atomic E-state index is 5.06. The summed E-state index contributed by atoms with van der Waals surface area (Å²) in [4.78, 5) is 5.06. The van der Waals surface area contributed by atoms with Crippen LogP contribution in [0.3, 0.4) is 0 Å². The van der Waals surface area contributed by atoms with Crippen LogP contribution in [0.1, 0.15) is 29.0 Å². The van der Waals surface area contributed by atoms with E-state index >= 15 is 0 Å². The molecule has 5 aromatic carbocycles. The molecule has 0 aliphatic heterocycles. The van der Waals surface area contributed by atoms with Crippen LogP contribution in [0.2, 0.25) is 0 Å². The number of hydrogen-bond donors (Lipinski definition) is 0. The van der Waals surface area contributed by atoms with Gasteiger partial charge in [-0.25, -0.2) is 4.98 Å². The number of imidazole rings is 1. The third-order valence-corrected chi connectivity index (χ3v) is 8.12. The van der Waals surface area contributed by atoms with Crippen LogP contribution >= 0.6 is 0 Å². The average Bonchev–Trinajstić information content (AvgIpc) is 3.40. The highest BCUT2D eigenvalue weighted by molar-refractivity contribution is 5.94. The molecule has 0 spiro atoms. The van der Waals surface area contributed by atoms with Crippen LogP contribution < -0.4 is 0 Å². The molecule has 0 N–H and O–H groups in total. The van der Waals surface area contributed by atoms with Crippen molar-refractivity contribution in [2.75, 3.05) is 0 Å². The van der Waals surface area contributed by atoms with Gasteiger partial charge in [-0.1, -0.05) is 97.1 Å². The Balaban J connectivity index is 1.27. The third-order valence-electron chi connectivity index (χ3n) is 8.12. The fourth-order valence-electron chi connectivity index (χ4n) is 6.22. The lowest BCUT2D eigenvalue weighted by Crippen LogP contribution is -2.12. The quantitative estimate of drug-likeness (QED) is 0.238. The summed E-state index contributed by atoms with van der Waals surface area (Å²) < 4.78 is 2.26. The molecule has 39 heavy (non-hydrogen) atoms. The first-order valence-electron chi connectivity index (χ1n) is 13.6. The Kier molecular flexibility index (Phi) is 4.99. The van der Waals surface area contributed by atoms with Crippen LogP contribution in [0, 0.1) is 0 Å². The number of rotatable bonds is 3. The van der Waals surface area contributed by atoms with Crippen molar-refractivity contribution in [2.24, 2.45) is 0 Å². The van der Waals surface area contributed by atoms with Gasteiger partial charge >= 0.3 is 0 Å². The summed E-state index contributed by atoms with van der Waals surface area (Å²) >= 11 is 0. The highest BCUT2D eigenvalue weighted by Gasteiger charge is 2.27. The SMILES string of the molecule is C1=CCC2C(=C1)C=C(c1ccc(-c3nc4ccccc4n3-c3ccccc3)cc1)c1cc3ccccc3cc12. The van der Waals surface area contributed by atoms with E-state index in [1.165, 1.54) is 38.6 Å². The van der Waals surface area contributed by atoms with Gasteiger partial charge in [0.05, 0.1) is 11.0 Å². The smallest absolute Gasteiger partial charge is 0.145 e. The molecule has 2 nitrogen and oxygen atoms in total. The van der Waals surface area contributed by atoms with Crippen LogP contribution in [-0.2, 0) is 0 Å². The van der Waals surface area contributed by atoms with Gasteiger partial charge in [-0.05, 0) is 87.5 Å². The van der Waals surface area contributed by atoms with Crippen LogP contribution in [0.25, 0.3) is 44.5 Å². The molecule has 2 aliphatic rings. The molecule has 8 rings (SSSR count). The molecule has 1 unspecified atom stereocenters. The summed E-state index contributed by atoms with van der Waals surface area (Å²) in [5, 5.41) is 2.59. The monoisotopic (exact) mass is 498 g/mol. The summed E-state index contributed by atoms with van der Waals surface area (Å²) in [6.07, 6.45) is 10.2. The van der Waals surface area contributed by atoms with Gasteiger partial charge in [-0.3, -0.25) is 4.57 Å². The molecule has 2 heteroatoms. The van der Waals surface area contributed by atoms with Gasteiger partial charge in [0.2, 0.25) is 0 Å². The van der Waals surface area contributed by atoms with E-state index in [9.17, 15) is 0 Å². The molecule has 1 aromatic heterocycles. The average molecular weight is 499 g/mol. The lowest BCUT2D eigenvalue weighted by atomic mass is 9.74. The van der Waals surface area contributed by atoms with Crippen molar-refractivity contribution in [3.63, 3.8) is 0 Å². The van der Waals surface area contributed by atoms with Crippen molar-refractivity contribution in [3.05, 3.63) is 162 Å². The Bertz CT molecular complexity index is 1970. The summed E-state index contributed by atoms with van der Waals surface area (Å²) in [5.41, 5.74) is 11.0. The summed E-state index contributed by atoms with van der Waals surface area (Å²) in [5.74, 6) is 1.38. The number of hydrogen-bond acceptors (Lipinski definition) is 1. The third kappa shape index (κ3) is 3.60. The number of benzene rings is 5. The van der Waals surface area contributed by atoms with Crippen LogP contribution in [-0.4, -0.2) is 9.55 Å². The molecule has 0 saturated carbocycles. The van der Waals surface area contributed by atoms with Gasteiger partial charge in [0, 0.05) is 17.2 Å². The number of allylic oxidation sites excluding steroid dienone is 5. The zero-order valence-electron chi connectivity index (χ0n) is 21.5. The lowest BCUT2D eigenvalue weighted by Gasteiger charge is -2.30. The molecule has 184 valence electrons. The van der Waals surface area contributed by atoms with Gasteiger partial charge in [-0.2, -0.15) is 0 Å². The van der Waals surface area contributed by atoms with Crippen molar-refractivity contribution in [1.82, 2.24) is 9.55 Å². The minimum absolute atomic E-state index is 0.420. The number of fused-ring (bicyclic) bond motifs is 5. The molecular weight excluding hydrogens is 472 g/mol. The summed E-state index contributed by atoms with van der Waals surface area (Å²) in [6, 6.07) is 41.3. The number of para-hydroxylation sites is 3. The van der Waals surface area contributed by atoms with E-state index < -0.39 is 0 Å². The van der Waals surface area contributed by atoms with Crippen molar-refractivity contribution >= 4 is 27.4 Å². The van der Waals surface area contributed by atoms with E-state index in [2.05, 4.69) is 144 Å². The van der Waals surface area contributed by atoms with E-state index in [1.807, 2.05) is 0 Å². The van der Waals surface area contributed by atoms with Crippen LogP contribution in [0.15, 0.2) is 145 Å². The van der Waals surface area contributed by atoms with E-state index in [0.717, 1.165) is 34.5 Å². The van der Waals surface area contributed by atoms with E-state index in [1.54, 1.807) is 0 Å². The molecule has 0 saturated heterocycles. The highest BCUT2D eigenvalue weighted by atomic mass is 15.1. The molecule has 6 aromatic rings. The highest BCUT2D eigenvalue weighted by Crippen LogP contribution is 2.45. The minimum Gasteiger partial charge on any atom is -0.292 e. The normalized spacial score (nSPS) is 16.1. The van der Waals surface area contributed by atoms with Gasteiger partial charge in [0.15, 0.2) is 0 Å². The Labute approximate surface area is 227 Å². The predicted octanol–water partition coefficient (Wildman–Crippen LogP) is 9.26. The Morgan fingerprint density at radius 1 is 0.692 bits per heavy atom. The molecule has 0 radical (unpaired) electrons. The van der Waals surface area contributed by atoms with Crippen LogP contribution in [0.4, 0.5) is 0 Å². The largest absolute Gasteiger partial charge is 0.292 e. The minimum atomic E-state index is 0.420. The van der Waals surface area contributed by atoms with E-state index in [4.69, 9.17) is 4.98 Å². The molecular formula is C37H26N2. The van der Waals surface area contributed by atoms with Crippen molar-refractivity contribution < 1.29 is 0 Å². The second kappa shape index (κ2) is 8.82. The van der Waals surface area contributed by atoms with Crippen LogP contribution in [0.5, 0.6) is 0 Å². The van der Waals surface area contributed by atoms with Crippen molar-refractivity contribution in [2.45, 2.75) is 12.3 Å².